The molecule has 0 radical (unpaired) electrons. The normalized spacial score (nSPS) is 14.3. The lowest BCUT2D eigenvalue weighted by Crippen LogP contribution is -2.37. The SMILES string of the molecule is COCC(C)C(CN)Nc1cc(C)c(Br)c(C)c1. The van der Waals surface area contributed by atoms with E-state index >= 15 is 0 Å². The Bertz CT molecular complexity index is 372. The standard InChI is InChI=1S/C14H23BrN2O/c1-9-5-12(6-10(2)14(9)15)17-13(7-16)11(3)8-18-4/h5-6,11,13,17H,7-8,16H2,1-4H3. The number of hydrogen-bond donors (Lipinski definition) is 2. The van der Waals surface area contributed by atoms with Gasteiger partial charge in [0.1, 0.15) is 0 Å². The lowest BCUT2D eigenvalue weighted by molar-refractivity contribution is 0.151. The molecule has 18 heavy (non-hydrogen) atoms. The molecule has 4 heteroatoms. The summed E-state index contributed by atoms with van der Waals surface area (Å²) in [7, 11) is 1.72. The van der Waals surface area contributed by atoms with Crippen LogP contribution in [0, 0.1) is 19.8 Å². The van der Waals surface area contributed by atoms with Gasteiger partial charge in [-0.15, -0.1) is 0 Å². The Hall–Kier alpha value is -0.580. The Morgan fingerprint density at radius 2 is 1.89 bits per heavy atom. The monoisotopic (exact) mass is 314 g/mol. The van der Waals surface area contributed by atoms with Crippen LogP contribution in [0.4, 0.5) is 5.69 Å². The van der Waals surface area contributed by atoms with Crippen molar-refractivity contribution in [3.63, 3.8) is 0 Å². The second-order valence-corrected chi connectivity index (χ2v) is 5.64. The maximum atomic E-state index is 5.83. The van der Waals surface area contributed by atoms with Gasteiger partial charge in [0.2, 0.25) is 0 Å². The van der Waals surface area contributed by atoms with Crippen LogP contribution in [0.15, 0.2) is 16.6 Å². The van der Waals surface area contributed by atoms with Crippen molar-refractivity contribution >= 4 is 21.6 Å². The minimum Gasteiger partial charge on any atom is -0.384 e. The van der Waals surface area contributed by atoms with E-state index in [4.69, 9.17) is 10.5 Å². The lowest BCUT2D eigenvalue weighted by atomic mass is 10.0. The summed E-state index contributed by atoms with van der Waals surface area (Å²) in [5.74, 6) is 0.379. The fraction of sp³-hybridized carbons (Fsp3) is 0.571. The molecular formula is C14H23BrN2O. The van der Waals surface area contributed by atoms with Crippen molar-refractivity contribution in [1.29, 1.82) is 0 Å². The van der Waals surface area contributed by atoms with Crippen LogP contribution in [-0.2, 0) is 4.74 Å². The smallest absolute Gasteiger partial charge is 0.0507 e. The van der Waals surface area contributed by atoms with E-state index in [2.05, 4.69) is 54.2 Å². The number of halogens is 1. The van der Waals surface area contributed by atoms with Crippen molar-refractivity contribution in [2.24, 2.45) is 11.7 Å². The van der Waals surface area contributed by atoms with Crippen molar-refractivity contribution in [2.75, 3.05) is 25.6 Å². The van der Waals surface area contributed by atoms with E-state index in [0.717, 1.165) is 5.69 Å². The number of nitrogens with one attached hydrogen (secondary N) is 1. The summed E-state index contributed by atoms with van der Waals surface area (Å²) in [4.78, 5) is 0. The zero-order chi connectivity index (χ0) is 13.7. The Labute approximate surface area is 118 Å². The van der Waals surface area contributed by atoms with Gasteiger partial charge in [-0.25, -0.2) is 0 Å². The summed E-state index contributed by atoms with van der Waals surface area (Å²) < 4.78 is 6.36. The molecule has 0 spiro atoms. The molecule has 0 saturated heterocycles. The zero-order valence-electron chi connectivity index (χ0n) is 11.6. The molecule has 0 amide bonds. The lowest BCUT2D eigenvalue weighted by Gasteiger charge is -2.25. The van der Waals surface area contributed by atoms with Crippen LogP contribution in [0.25, 0.3) is 0 Å². The van der Waals surface area contributed by atoms with Crippen molar-refractivity contribution in [3.8, 4) is 0 Å². The molecule has 0 heterocycles. The van der Waals surface area contributed by atoms with E-state index in [1.807, 2.05) is 0 Å². The number of ether oxygens (including phenoxy) is 1. The first-order chi connectivity index (χ1) is 8.49. The van der Waals surface area contributed by atoms with Crippen LogP contribution in [0.5, 0.6) is 0 Å². The first-order valence-electron chi connectivity index (χ1n) is 6.21. The first kappa shape index (κ1) is 15.5. The van der Waals surface area contributed by atoms with E-state index in [-0.39, 0.29) is 6.04 Å². The molecule has 102 valence electrons. The van der Waals surface area contributed by atoms with Crippen LogP contribution >= 0.6 is 15.9 Å². The van der Waals surface area contributed by atoms with Crippen LogP contribution in [0.3, 0.4) is 0 Å². The van der Waals surface area contributed by atoms with Crippen LogP contribution in [0.2, 0.25) is 0 Å². The van der Waals surface area contributed by atoms with Gasteiger partial charge in [-0.3, -0.25) is 0 Å². The molecule has 1 aromatic carbocycles. The Morgan fingerprint density at radius 3 is 2.33 bits per heavy atom. The number of nitrogens with two attached hydrogens (primary N) is 1. The molecule has 0 aliphatic carbocycles. The number of hydrogen-bond acceptors (Lipinski definition) is 3. The third-order valence-corrected chi connectivity index (χ3v) is 4.41. The zero-order valence-corrected chi connectivity index (χ0v) is 13.2. The summed E-state index contributed by atoms with van der Waals surface area (Å²) >= 11 is 3.58. The van der Waals surface area contributed by atoms with Crippen molar-refractivity contribution in [3.05, 3.63) is 27.7 Å². The third-order valence-electron chi connectivity index (χ3n) is 3.16. The molecule has 3 nitrogen and oxygen atoms in total. The topological polar surface area (TPSA) is 47.3 Å². The highest BCUT2D eigenvalue weighted by Crippen LogP contribution is 2.25. The van der Waals surface area contributed by atoms with Gasteiger partial charge in [-0.1, -0.05) is 22.9 Å². The fourth-order valence-electron chi connectivity index (χ4n) is 2.06. The average Bonchev–Trinajstić information content (AvgIpc) is 2.33. The Balaban J connectivity index is 2.82. The molecule has 2 unspecified atom stereocenters. The van der Waals surface area contributed by atoms with Crippen LogP contribution in [0.1, 0.15) is 18.1 Å². The molecule has 0 aliphatic heterocycles. The summed E-state index contributed by atoms with van der Waals surface area (Å²) in [6.45, 7) is 7.64. The highest BCUT2D eigenvalue weighted by Gasteiger charge is 2.16. The predicted octanol–water partition coefficient (Wildman–Crippen LogP) is 3.09. The summed E-state index contributed by atoms with van der Waals surface area (Å²) in [5, 5.41) is 3.50. The largest absolute Gasteiger partial charge is 0.384 e. The van der Waals surface area contributed by atoms with Crippen LogP contribution < -0.4 is 11.1 Å². The number of benzene rings is 1. The van der Waals surface area contributed by atoms with Gasteiger partial charge < -0.3 is 15.8 Å². The Kier molecular flexibility index (Phi) is 6.12. The minimum absolute atomic E-state index is 0.227. The van der Waals surface area contributed by atoms with E-state index in [0.29, 0.717) is 19.1 Å². The number of rotatable bonds is 6. The molecule has 3 N–H and O–H groups in total. The highest BCUT2D eigenvalue weighted by molar-refractivity contribution is 9.10. The van der Waals surface area contributed by atoms with E-state index in [9.17, 15) is 0 Å². The summed E-state index contributed by atoms with van der Waals surface area (Å²) in [5.41, 5.74) is 9.41. The predicted molar refractivity (Wildman–Crippen MR) is 81.1 cm³/mol. The molecule has 1 rings (SSSR count). The van der Waals surface area contributed by atoms with Gasteiger partial charge in [0.15, 0.2) is 0 Å². The molecule has 1 aromatic rings. The molecule has 0 aliphatic rings. The second kappa shape index (κ2) is 7.12. The molecule has 0 bridgehead atoms. The molecule has 2 atom stereocenters. The minimum atomic E-state index is 0.227. The van der Waals surface area contributed by atoms with Gasteiger partial charge in [0, 0.05) is 35.8 Å². The van der Waals surface area contributed by atoms with Crippen LogP contribution in [-0.4, -0.2) is 26.3 Å². The molecule has 0 saturated carbocycles. The van der Waals surface area contributed by atoms with Gasteiger partial charge in [0.25, 0.3) is 0 Å². The van der Waals surface area contributed by atoms with Gasteiger partial charge >= 0.3 is 0 Å². The average molecular weight is 315 g/mol. The van der Waals surface area contributed by atoms with Crippen molar-refractivity contribution in [2.45, 2.75) is 26.8 Å². The van der Waals surface area contributed by atoms with Gasteiger partial charge in [-0.2, -0.15) is 0 Å². The van der Waals surface area contributed by atoms with Crippen molar-refractivity contribution < 1.29 is 4.74 Å². The first-order valence-corrected chi connectivity index (χ1v) is 7.01. The second-order valence-electron chi connectivity index (χ2n) is 4.84. The maximum Gasteiger partial charge on any atom is 0.0507 e. The number of aryl methyl sites for hydroxylation is 2. The molecule has 0 fully saturated rings. The maximum absolute atomic E-state index is 5.83. The summed E-state index contributed by atoms with van der Waals surface area (Å²) in [6.07, 6.45) is 0. The quantitative estimate of drug-likeness (QED) is 0.848. The van der Waals surface area contributed by atoms with Gasteiger partial charge in [-0.05, 0) is 37.1 Å². The molecular weight excluding hydrogens is 292 g/mol. The van der Waals surface area contributed by atoms with Gasteiger partial charge in [0.05, 0.1) is 6.61 Å². The third kappa shape index (κ3) is 3.97. The van der Waals surface area contributed by atoms with Crippen molar-refractivity contribution in [1.82, 2.24) is 0 Å². The molecule has 0 aromatic heterocycles. The number of anilines is 1. The summed E-state index contributed by atoms with van der Waals surface area (Å²) in [6, 6.07) is 4.50. The van der Waals surface area contributed by atoms with E-state index < -0.39 is 0 Å². The highest BCUT2D eigenvalue weighted by atomic mass is 79.9. The Morgan fingerprint density at radius 1 is 1.33 bits per heavy atom. The fourth-order valence-corrected chi connectivity index (χ4v) is 2.28. The number of methoxy groups -OCH3 is 1. The van der Waals surface area contributed by atoms with E-state index in [1.54, 1.807) is 7.11 Å². The van der Waals surface area contributed by atoms with E-state index in [1.165, 1.54) is 15.6 Å².